The minimum Gasteiger partial charge on any atom is -0.371 e. The Labute approximate surface area is 115 Å². The van der Waals surface area contributed by atoms with E-state index in [9.17, 15) is 0 Å². The summed E-state index contributed by atoms with van der Waals surface area (Å²) in [6, 6.07) is 8.87. The van der Waals surface area contributed by atoms with E-state index in [1.165, 1.54) is 42.8 Å². The molecule has 1 saturated heterocycles. The van der Waals surface area contributed by atoms with Crippen LogP contribution < -0.4 is 0 Å². The molecular weight excluding hydrogens is 230 g/mol. The summed E-state index contributed by atoms with van der Waals surface area (Å²) in [4.78, 5) is 2.55. The van der Waals surface area contributed by atoms with Gasteiger partial charge in [0.1, 0.15) is 0 Å². The van der Waals surface area contributed by atoms with E-state index in [2.05, 4.69) is 47.9 Å². The van der Waals surface area contributed by atoms with Crippen LogP contribution in [-0.2, 0) is 0 Å². The Morgan fingerprint density at radius 2 is 2.00 bits per heavy atom. The number of hydrogen-bond acceptors (Lipinski definition) is 1. The van der Waals surface area contributed by atoms with Crippen LogP contribution in [0.2, 0.25) is 0 Å². The Bertz CT molecular complexity index is 518. The molecule has 0 spiro atoms. The minimum absolute atomic E-state index is 0.531. The van der Waals surface area contributed by atoms with Crippen LogP contribution in [0.3, 0.4) is 0 Å². The summed E-state index contributed by atoms with van der Waals surface area (Å²) in [6.45, 7) is 6.17. The molecule has 1 aromatic carbocycles. The summed E-state index contributed by atoms with van der Waals surface area (Å²) in [5, 5.41) is 0. The Morgan fingerprint density at radius 3 is 2.79 bits per heavy atom. The van der Waals surface area contributed by atoms with E-state index in [-0.39, 0.29) is 0 Å². The number of hydrogen-bond donors (Lipinski definition) is 0. The van der Waals surface area contributed by atoms with E-state index in [1.54, 1.807) is 0 Å². The van der Waals surface area contributed by atoms with Gasteiger partial charge in [-0.15, -0.1) is 0 Å². The zero-order valence-corrected chi connectivity index (χ0v) is 11.4. The van der Waals surface area contributed by atoms with Crippen LogP contribution in [0.15, 0.2) is 55.1 Å². The second-order valence-electron chi connectivity index (χ2n) is 5.34. The Balaban J connectivity index is 1.89. The molecule has 1 heterocycles. The maximum Gasteiger partial charge on any atom is 0.0408 e. The number of fused-ring (bicyclic) bond motifs is 1. The van der Waals surface area contributed by atoms with Gasteiger partial charge in [-0.2, -0.15) is 0 Å². The van der Waals surface area contributed by atoms with Gasteiger partial charge in [-0.3, -0.25) is 0 Å². The van der Waals surface area contributed by atoms with Crippen molar-refractivity contribution in [1.29, 1.82) is 0 Å². The standard InChI is InChI=1S/C18H21N/c1-2-3-4-9-15-14-18(19-12-7-8-13-19)17-11-6-5-10-16(15)17/h2-6,10-11,14-15H,1,7-9,12-13H2. The van der Waals surface area contributed by atoms with Crippen LogP contribution in [0, 0.1) is 0 Å². The van der Waals surface area contributed by atoms with Crippen LogP contribution >= 0.6 is 0 Å². The van der Waals surface area contributed by atoms with E-state index >= 15 is 0 Å². The topological polar surface area (TPSA) is 3.24 Å². The molecule has 1 fully saturated rings. The van der Waals surface area contributed by atoms with Gasteiger partial charge in [-0.1, -0.05) is 55.1 Å². The first-order valence-corrected chi connectivity index (χ1v) is 7.24. The largest absolute Gasteiger partial charge is 0.371 e. The molecule has 1 atom stereocenters. The quantitative estimate of drug-likeness (QED) is 0.719. The third-order valence-electron chi connectivity index (χ3n) is 4.10. The van der Waals surface area contributed by atoms with Gasteiger partial charge in [0.25, 0.3) is 0 Å². The maximum absolute atomic E-state index is 3.74. The van der Waals surface area contributed by atoms with Crippen molar-refractivity contribution < 1.29 is 0 Å². The predicted octanol–water partition coefficient (Wildman–Crippen LogP) is 4.35. The second-order valence-corrected chi connectivity index (χ2v) is 5.34. The van der Waals surface area contributed by atoms with Gasteiger partial charge in [0.05, 0.1) is 0 Å². The summed E-state index contributed by atoms with van der Waals surface area (Å²) in [7, 11) is 0. The van der Waals surface area contributed by atoms with Gasteiger partial charge in [0.2, 0.25) is 0 Å². The van der Waals surface area contributed by atoms with E-state index in [1.807, 2.05) is 12.2 Å². The van der Waals surface area contributed by atoms with Crippen LogP contribution in [0.25, 0.3) is 5.70 Å². The smallest absolute Gasteiger partial charge is 0.0408 e. The highest BCUT2D eigenvalue weighted by molar-refractivity contribution is 5.73. The average Bonchev–Trinajstić information content (AvgIpc) is 3.07. The molecule has 0 N–H and O–H groups in total. The van der Waals surface area contributed by atoms with Gasteiger partial charge in [0, 0.05) is 30.3 Å². The number of allylic oxidation sites excluding steroid dienone is 4. The Morgan fingerprint density at radius 1 is 1.21 bits per heavy atom. The third-order valence-corrected chi connectivity index (χ3v) is 4.10. The normalized spacial score (nSPS) is 21.8. The molecule has 1 aliphatic carbocycles. The molecule has 1 aromatic rings. The summed E-state index contributed by atoms with van der Waals surface area (Å²) >= 11 is 0. The van der Waals surface area contributed by atoms with Gasteiger partial charge in [-0.05, 0) is 24.8 Å². The number of nitrogens with zero attached hydrogens (tertiary/aromatic N) is 1. The SMILES string of the molecule is C=CC=CCC1C=C(N2CCCC2)c2ccccc21. The fraction of sp³-hybridized carbons (Fsp3) is 0.333. The molecule has 0 radical (unpaired) electrons. The van der Waals surface area contributed by atoms with Crippen molar-refractivity contribution in [3.63, 3.8) is 0 Å². The molecule has 19 heavy (non-hydrogen) atoms. The monoisotopic (exact) mass is 251 g/mol. The summed E-state index contributed by atoms with van der Waals surface area (Å²) in [5.74, 6) is 0.531. The summed E-state index contributed by atoms with van der Waals surface area (Å²) in [5.41, 5.74) is 4.39. The molecule has 0 amide bonds. The molecule has 3 rings (SSSR count). The lowest BCUT2D eigenvalue weighted by Crippen LogP contribution is -2.16. The highest BCUT2D eigenvalue weighted by atomic mass is 15.2. The van der Waals surface area contributed by atoms with Crippen molar-refractivity contribution in [3.05, 3.63) is 66.3 Å². The van der Waals surface area contributed by atoms with Crippen molar-refractivity contribution in [2.75, 3.05) is 13.1 Å². The van der Waals surface area contributed by atoms with Crippen LogP contribution in [0.1, 0.15) is 36.3 Å². The van der Waals surface area contributed by atoms with Gasteiger partial charge in [-0.25, -0.2) is 0 Å². The highest BCUT2D eigenvalue weighted by Crippen LogP contribution is 2.40. The van der Waals surface area contributed by atoms with Crippen molar-refractivity contribution in [3.8, 4) is 0 Å². The molecule has 1 aliphatic heterocycles. The Hall–Kier alpha value is -1.76. The molecule has 1 nitrogen and oxygen atoms in total. The first-order chi connectivity index (χ1) is 9.40. The predicted molar refractivity (Wildman–Crippen MR) is 81.9 cm³/mol. The van der Waals surface area contributed by atoms with E-state index < -0.39 is 0 Å². The molecule has 98 valence electrons. The molecule has 0 aromatic heterocycles. The van der Waals surface area contributed by atoms with Gasteiger partial charge in [0.15, 0.2) is 0 Å². The lowest BCUT2D eigenvalue weighted by atomic mass is 9.97. The first kappa shape index (κ1) is 12.3. The van der Waals surface area contributed by atoms with Crippen molar-refractivity contribution in [2.45, 2.75) is 25.2 Å². The van der Waals surface area contributed by atoms with Gasteiger partial charge < -0.3 is 4.90 Å². The van der Waals surface area contributed by atoms with Crippen LogP contribution in [0.4, 0.5) is 0 Å². The first-order valence-electron chi connectivity index (χ1n) is 7.24. The van der Waals surface area contributed by atoms with Crippen molar-refractivity contribution in [2.24, 2.45) is 0 Å². The highest BCUT2D eigenvalue weighted by Gasteiger charge is 2.26. The maximum atomic E-state index is 3.74. The molecule has 1 unspecified atom stereocenters. The third kappa shape index (κ3) is 2.37. The van der Waals surface area contributed by atoms with Crippen LogP contribution in [0.5, 0.6) is 0 Å². The summed E-state index contributed by atoms with van der Waals surface area (Å²) < 4.78 is 0. The molecule has 1 heteroatoms. The summed E-state index contributed by atoms with van der Waals surface area (Å²) in [6.07, 6.45) is 12.3. The van der Waals surface area contributed by atoms with Crippen molar-refractivity contribution in [1.82, 2.24) is 4.90 Å². The van der Waals surface area contributed by atoms with E-state index in [4.69, 9.17) is 0 Å². The number of rotatable bonds is 4. The van der Waals surface area contributed by atoms with Crippen molar-refractivity contribution >= 4 is 5.70 Å². The second kappa shape index (κ2) is 5.48. The fourth-order valence-electron chi connectivity index (χ4n) is 3.17. The van der Waals surface area contributed by atoms with Crippen LogP contribution in [-0.4, -0.2) is 18.0 Å². The lowest BCUT2D eigenvalue weighted by Gasteiger charge is -2.19. The zero-order valence-electron chi connectivity index (χ0n) is 11.4. The Kier molecular flexibility index (Phi) is 3.54. The van der Waals surface area contributed by atoms with E-state index in [0.29, 0.717) is 5.92 Å². The average molecular weight is 251 g/mol. The minimum atomic E-state index is 0.531. The lowest BCUT2D eigenvalue weighted by molar-refractivity contribution is 0.493. The van der Waals surface area contributed by atoms with E-state index in [0.717, 1.165) is 6.42 Å². The molecule has 0 saturated carbocycles. The van der Waals surface area contributed by atoms with Gasteiger partial charge >= 0.3 is 0 Å². The number of benzene rings is 1. The zero-order chi connectivity index (χ0) is 13.1. The fourth-order valence-corrected chi connectivity index (χ4v) is 3.17. The molecule has 0 bridgehead atoms. The number of likely N-dealkylation sites (tertiary alicyclic amines) is 1. The molecule has 2 aliphatic rings. The molecular formula is C18H21N.